The normalized spacial score (nSPS) is 34.7. The maximum Gasteiger partial charge on any atom is 0.157 e. The highest BCUT2D eigenvalue weighted by molar-refractivity contribution is 8.14. The second-order valence-electron chi connectivity index (χ2n) is 5.58. The Labute approximate surface area is 118 Å². The number of thioether (sulfide) groups is 1. The Morgan fingerprint density at radius 3 is 2.89 bits per heavy atom. The van der Waals surface area contributed by atoms with Crippen LogP contribution in [0.1, 0.15) is 25.7 Å². The number of rotatable bonds is 2. The van der Waals surface area contributed by atoms with Crippen LogP contribution in [0.15, 0.2) is 4.99 Å². The van der Waals surface area contributed by atoms with E-state index >= 15 is 0 Å². The van der Waals surface area contributed by atoms with E-state index in [1.807, 2.05) is 0 Å². The number of aliphatic imine (C=N–C) groups is 1. The van der Waals surface area contributed by atoms with Gasteiger partial charge in [0.2, 0.25) is 0 Å². The third-order valence-electron chi connectivity index (χ3n) is 4.21. The number of amidine groups is 1. The monoisotopic (exact) mass is 304 g/mol. The average Bonchev–Trinajstić information content (AvgIpc) is 2.92. The number of nitrogens with one attached hydrogen (secondary N) is 1. The summed E-state index contributed by atoms with van der Waals surface area (Å²) in [6, 6.07) is 0. The molecule has 1 spiro atoms. The van der Waals surface area contributed by atoms with Crippen molar-refractivity contribution in [1.82, 2.24) is 5.32 Å². The second kappa shape index (κ2) is 5.26. The molecule has 0 aromatic carbocycles. The van der Waals surface area contributed by atoms with Gasteiger partial charge in [-0.05, 0) is 25.7 Å². The maximum absolute atomic E-state index is 11.7. The van der Waals surface area contributed by atoms with Crippen molar-refractivity contribution < 1.29 is 13.2 Å². The molecule has 0 aromatic heterocycles. The lowest BCUT2D eigenvalue weighted by Gasteiger charge is -2.32. The van der Waals surface area contributed by atoms with Gasteiger partial charge in [0.05, 0.1) is 23.1 Å². The van der Waals surface area contributed by atoms with Gasteiger partial charge in [0, 0.05) is 19.0 Å². The standard InChI is InChI=1S/C12H20N2O3S2/c15-19(16)7-1-2-10(19)8-13-11-14-12(9-18-11)3-5-17-6-4-12/h10H,1-9H2,(H,13,14). The van der Waals surface area contributed by atoms with E-state index in [4.69, 9.17) is 4.74 Å². The highest BCUT2D eigenvalue weighted by Crippen LogP contribution is 2.32. The molecule has 3 heterocycles. The van der Waals surface area contributed by atoms with E-state index in [0.717, 1.165) is 49.8 Å². The molecule has 1 unspecified atom stereocenters. The molecule has 1 N–H and O–H groups in total. The zero-order valence-electron chi connectivity index (χ0n) is 10.9. The molecule has 0 saturated carbocycles. The average molecular weight is 304 g/mol. The molecule has 3 saturated heterocycles. The Morgan fingerprint density at radius 1 is 1.42 bits per heavy atom. The van der Waals surface area contributed by atoms with Crippen LogP contribution in [-0.2, 0) is 14.6 Å². The van der Waals surface area contributed by atoms with Gasteiger partial charge in [-0.3, -0.25) is 4.99 Å². The van der Waals surface area contributed by atoms with E-state index in [0.29, 0.717) is 12.3 Å². The smallest absolute Gasteiger partial charge is 0.157 e. The Kier molecular flexibility index (Phi) is 3.79. The SMILES string of the molecule is O=S1(=O)CCCC1CN=C1NC2(CCOCC2)CS1. The molecule has 0 aliphatic carbocycles. The Hall–Kier alpha value is -0.270. The summed E-state index contributed by atoms with van der Waals surface area (Å²) in [7, 11) is -2.88. The minimum atomic E-state index is -2.88. The second-order valence-corrected chi connectivity index (χ2v) is 8.95. The van der Waals surface area contributed by atoms with Gasteiger partial charge in [-0.2, -0.15) is 0 Å². The van der Waals surface area contributed by atoms with Gasteiger partial charge in [-0.25, -0.2) is 8.42 Å². The van der Waals surface area contributed by atoms with Gasteiger partial charge in [0.1, 0.15) is 0 Å². The summed E-state index contributed by atoms with van der Waals surface area (Å²) in [5, 5.41) is 4.16. The molecular weight excluding hydrogens is 284 g/mol. The summed E-state index contributed by atoms with van der Waals surface area (Å²) in [4.78, 5) is 4.50. The van der Waals surface area contributed by atoms with Crippen molar-refractivity contribution in [2.45, 2.75) is 36.5 Å². The molecular formula is C12H20N2O3S2. The van der Waals surface area contributed by atoms with Crippen LogP contribution in [0.3, 0.4) is 0 Å². The number of nitrogens with zero attached hydrogens (tertiary/aromatic N) is 1. The summed E-state index contributed by atoms with van der Waals surface area (Å²) in [5.41, 5.74) is 0.135. The third-order valence-corrected chi connectivity index (χ3v) is 7.67. The zero-order chi connectivity index (χ0) is 13.3. The fourth-order valence-corrected chi connectivity index (χ4v) is 5.83. The first-order chi connectivity index (χ1) is 9.10. The molecule has 0 amide bonds. The van der Waals surface area contributed by atoms with Crippen molar-refractivity contribution in [1.29, 1.82) is 0 Å². The van der Waals surface area contributed by atoms with Crippen molar-refractivity contribution in [3.05, 3.63) is 0 Å². The van der Waals surface area contributed by atoms with Gasteiger partial charge < -0.3 is 10.1 Å². The van der Waals surface area contributed by atoms with Crippen molar-refractivity contribution in [2.24, 2.45) is 4.99 Å². The summed E-state index contributed by atoms with van der Waals surface area (Å²) in [5.74, 6) is 1.36. The quantitative estimate of drug-likeness (QED) is 0.817. The molecule has 108 valence electrons. The first-order valence-electron chi connectivity index (χ1n) is 6.84. The lowest BCUT2D eigenvalue weighted by Crippen LogP contribution is -2.48. The first kappa shape index (κ1) is 13.7. The molecule has 5 nitrogen and oxygen atoms in total. The minimum absolute atomic E-state index is 0.135. The minimum Gasteiger partial charge on any atom is -0.381 e. The topological polar surface area (TPSA) is 67.8 Å². The maximum atomic E-state index is 11.7. The van der Waals surface area contributed by atoms with Crippen LogP contribution in [0.25, 0.3) is 0 Å². The third kappa shape index (κ3) is 2.92. The van der Waals surface area contributed by atoms with Crippen molar-refractivity contribution in [3.63, 3.8) is 0 Å². The van der Waals surface area contributed by atoms with Crippen LogP contribution in [0.4, 0.5) is 0 Å². The van der Waals surface area contributed by atoms with Crippen LogP contribution in [0, 0.1) is 0 Å². The van der Waals surface area contributed by atoms with Crippen LogP contribution in [0.5, 0.6) is 0 Å². The van der Waals surface area contributed by atoms with Gasteiger partial charge in [0.15, 0.2) is 15.0 Å². The highest BCUT2D eigenvalue weighted by atomic mass is 32.2. The molecule has 3 aliphatic heterocycles. The van der Waals surface area contributed by atoms with Gasteiger partial charge in [0.25, 0.3) is 0 Å². The van der Waals surface area contributed by atoms with E-state index in [9.17, 15) is 8.42 Å². The van der Waals surface area contributed by atoms with E-state index < -0.39 is 9.84 Å². The van der Waals surface area contributed by atoms with Crippen LogP contribution in [0.2, 0.25) is 0 Å². The van der Waals surface area contributed by atoms with Gasteiger partial charge >= 0.3 is 0 Å². The zero-order valence-corrected chi connectivity index (χ0v) is 12.6. The first-order valence-corrected chi connectivity index (χ1v) is 9.55. The Balaban J connectivity index is 1.60. The summed E-state index contributed by atoms with van der Waals surface area (Å²) in [6.07, 6.45) is 3.59. The molecule has 3 fully saturated rings. The number of ether oxygens (including phenoxy) is 1. The predicted molar refractivity (Wildman–Crippen MR) is 77.5 cm³/mol. The number of hydrogen-bond acceptors (Lipinski definition) is 5. The summed E-state index contributed by atoms with van der Waals surface area (Å²) in [6.45, 7) is 2.03. The van der Waals surface area contributed by atoms with Crippen molar-refractivity contribution in [3.8, 4) is 0 Å². The molecule has 0 radical (unpaired) electrons. The lowest BCUT2D eigenvalue weighted by molar-refractivity contribution is 0.0555. The molecule has 0 bridgehead atoms. The highest BCUT2D eigenvalue weighted by Gasteiger charge is 2.39. The summed E-state index contributed by atoms with van der Waals surface area (Å²) >= 11 is 1.72. The molecule has 1 atom stereocenters. The van der Waals surface area contributed by atoms with E-state index in [1.54, 1.807) is 11.8 Å². The van der Waals surface area contributed by atoms with E-state index in [1.165, 1.54) is 0 Å². The summed E-state index contributed by atoms with van der Waals surface area (Å²) < 4.78 is 28.9. The fraction of sp³-hybridized carbons (Fsp3) is 0.917. The number of hydrogen-bond donors (Lipinski definition) is 1. The van der Waals surface area contributed by atoms with Gasteiger partial charge in [-0.1, -0.05) is 11.8 Å². The van der Waals surface area contributed by atoms with Crippen LogP contribution in [-0.4, -0.2) is 55.6 Å². The molecule has 3 rings (SSSR count). The fourth-order valence-electron chi connectivity index (χ4n) is 2.87. The van der Waals surface area contributed by atoms with Crippen molar-refractivity contribution in [2.75, 3.05) is 31.3 Å². The van der Waals surface area contributed by atoms with Crippen LogP contribution < -0.4 is 5.32 Å². The largest absolute Gasteiger partial charge is 0.381 e. The Bertz CT molecular complexity index is 469. The van der Waals surface area contributed by atoms with Crippen molar-refractivity contribution >= 4 is 26.8 Å². The van der Waals surface area contributed by atoms with E-state index in [2.05, 4.69) is 10.3 Å². The molecule has 19 heavy (non-hydrogen) atoms. The number of sulfone groups is 1. The predicted octanol–water partition coefficient (Wildman–Crippen LogP) is 0.805. The Morgan fingerprint density at radius 2 is 2.21 bits per heavy atom. The van der Waals surface area contributed by atoms with E-state index in [-0.39, 0.29) is 10.8 Å². The molecule has 7 heteroatoms. The van der Waals surface area contributed by atoms with Crippen LogP contribution >= 0.6 is 11.8 Å². The molecule has 0 aromatic rings. The lowest BCUT2D eigenvalue weighted by atomic mass is 9.93. The van der Waals surface area contributed by atoms with Gasteiger partial charge in [-0.15, -0.1) is 0 Å². The molecule has 3 aliphatic rings.